The molecule has 0 aromatic carbocycles. The number of aliphatic hydroxyl groups is 1. The van der Waals surface area contributed by atoms with Gasteiger partial charge in [-0.3, -0.25) is 4.79 Å². The van der Waals surface area contributed by atoms with E-state index < -0.39 is 40.0 Å². The summed E-state index contributed by atoms with van der Waals surface area (Å²) in [5.74, 6) is -0.924. The number of ketones is 1. The van der Waals surface area contributed by atoms with Crippen LogP contribution in [0.5, 0.6) is 0 Å². The van der Waals surface area contributed by atoms with E-state index in [2.05, 4.69) is 13.8 Å². The van der Waals surface area contributed by atoms with Crippen LogP contribution < -0.4 is 0 Å². The predicted molar refractivity (Wildman–Crippen MR) is 115 cm³/mol. The summed E-state index contributed by atoms with van der Waals surface area (Å²) in [4.78, 5) is 26.5. The Morgan fingerprint density at radius 2 is 1.88 bits per heavy atom. The lowest BCUT2D eigenvalue weighted by Gasteiger charge is -2.64. The molecule has 4 fully saturated rings. The van der Waals surface area contributed by atoms with E-state index in [1.807, 2.05) is 39.2 Å². The van der Waals surface area contributed by atoms with Gasteiger partial charge in [0.15, 0.2) is 5.78 Å². The van der Waals surface area contributed by atoms with E-state index in [1.54, 1.807) is 6.26 Å². The number of fused-ring (bicyclic) bond motifs is 3. The fraction of sp³-hybridized carbons (Fsp3) is 0.692. The first-order valence-electron chi connectivity index (χ1n) is 11.8. The van der Waals surface area contributed by atoms with Crippen molar-refractivity contribution in [1.82, 2.24) is 0 Å². The van der Waals surface area contributed by atoms with Crippen LogP contribution in [0.4, 0.5) is 0 Å². The first-order chi connectivity index (χ1) is 14.9. The Bertz CT molecular complexity index is 1040. The Balaban J connectivity index is 1.52. The Morgan fingerprint density at radius 3 is 2.56 bits per heavy atom. The molecule has 1 aromatic rings. The molecule has 3 aliphatic carbocycles. The molecule has 1 spiro atoms. The summed E-state index contributed by atoms with van der Waals surface area (Å²) >= 11 is 0. The number of epoxide rings is 1. The van der Waals surface area contributed by atoms with Crippen molar-refractivity contribution in [2.75, 3.05) is 0 Å². The highest BCUT2D eigenvalue weighted by atomic mass is 16.6. The molecule has 0 bridgehead atoms. The van der Waals surface area contributed by atoms with Crippen LogP contribution in [0.1, 0.15) is 65.4 Å². The SMILES string of the molecule is CC1(C)OC(=O)C=C[C@@]2(C)[C@@H]1[C@@H](O)C(=O)[C@]1(C)[C@@H]2CC[C@@]2(C)[C@H](c3ccoc3)C[C@H]3O[C@]321. The summed E-state index contributed by atoms with van der Waals surface area (Å²) in [5.41, 5.74) is -2.11. The van der Waals surface area contributed by atoms with Crippen LogP contribution in [0, 0.1) is 28.1 Å². The van der Waals surface area contributed by atoms with Gasteiger partial charge in [-0.1, -0.05) is 19.9 Å². The van der Waals surface area contributed by atoms with Crippen LogP contribution in [-0.4, -0.2) is 40.3 Å². The molecule has 172 valence electrons. The molecule has 0 amide bonds. The number of esters is 1. The van der Waals surface area contributed by atoms with Gasteiger partial charge < -0.3 is 19.0 Å². The molecule has 1 saturated heterocycles. The number of furan rings is 1. The zero-order chi connectivity index (χ0) is 22.9. The molecule has 9 atom stereocenters. The van der Waals surface area contributed by atoms with Gasteiger partial charge in [0.05, 0.1) is 24.0 Å². The minimum atomic E-state index is -1.23. The summed E-state index contributed by atoms with van der Waals surface area (Å²) in [6.45, 7) is 9.99. The normalized spacial score (nSPS) is 52.9. The number of aliphatic hydroxyl groups excluding tert-OH is 1. The topological polar surface area (TPSA) is 89.3 Å². The number of carbonyl (C=O) groups excluding carboxylic acids is 2. The van der Waals surface area contributed by atoms with Gasteiger partial charge in [-0.2, -0.15) is 0 Å². The van der Waals surface area contributed by atoms with Crippen molar-refractivity contribution in [3.05, 3.63) is 36.3 Å². The fourth-order valence-corrected chi connectivity index (χ4v) is 9.28. The van der Waals surface area contributed by atoms with Crippen LogP contribution in [-0.2, 0) is 19.1 Å². The van der Waals surface area contributed by atoms with Gasteiger partial charge in [0.25, 0.3) is 0 Å². The number of rotatable bonds is 1. The van der Waals surface area contributed by atoms with Crippen molar-refractivity contribution in [3.63, 3.8) is 0 Å². The number of allylic oxidation sites excluding steroid dienone is 1. The standard InChI is InChI=1S/C26H32O6/c1-22(2)20-19(28)21(29)25(5)16(23(20,3)9-7-18(27)32-22)6-10-24(4)15(14-8-11-30-13-14)12-17-26(24,25)31-17/h7-9,11,13,15-17,19-20,28H,6,10,12H2,1-5H3/t15-,16+,17+,19+,20+,23+,24-,25-,26+/m0/s1. The van der Waals surface area contributed by atoms with Gasteiger partial charge in [0.1, 0.15) is 17.3 Å². The zero-order valence-corrected chi connectivity index (χ0v) is 19.4. The summed E-state index contributed by atoms with van der Waals surface area (Å²) in [6.07, 6.45) is 8.26. The molecule has 6 rings (SSSR count). The van der Waals surface area contributed by atoms with E-state index in [0.717, 1.165) is 24.8 Å². The molecule has 6 heteroatoms. The first-order valence-corrected chi connectivity index (χ1v) is 11.8. The Kier molecular flexibility index (Phi) is 3.72. The van der Waals surface area contributed by atoms with Gasteiger partial charge in [0, 0.05) is 17.4 Å². The molecule has 6 nitrogen and oxygen atoms in total. The first kappa shape index (κ1) is 20.7. The number of ether oxygens (including phenoxy) is 2. The highest BCUT2D eigenvalue weighted by Crippen LogP contribution is 2.81. The average molecular weight is 441 g/mol. The van der Waals surface area contributed by atoms with Crippen molar-refractivity contribution in [2.24, 2.45) is 28.1 Å². The third-order valence-corrected chi connectivity index (χ3v) is 10.4. The van der Waals surface area contributed by atoms with Crippen LogP contribution in [0.3, 0.4) is 0 Å². The molecule has 0 unspecified atom stereocenters. The van der Waals surface area contributed by atoms with E-state index in [9.17, 15) is 14.7 Å². The number of hydrogen-bond acceptors (Lipinski definition) is 6. The average Bonchev–Trinajstić information content (AvgIpc) is 3.11. The van der Waals surface area contributed by atoms with Gasteiger partial charge in [-0.25, -0.2) is 4.79 Å². The van der Waals surface area contributed by atoms with Crippen LogP contribution in [0.2, 0.25) is 0 Å². The Labute approximate surface area is 188 Å². The Hall–Kier alpha value is -1.92. The van der Waals surface area contributed by atoms with E-state index in [1.165, 1.54) is 6.08 Å². The van der Waals surface area contributed by atoms with Crippen LogP contribution in [0.25, 0.3) is 0 Å². The molecule has 3 heterocycles. The van der Waals surface area contributed by atoms with Gasteiger partial charge in [-0.15, -0.1) is 0 Å². The molecule has 32 heavy (non-hydrogen) atoms. The molecule has 2 aliphatic heterocycles. The maximum absolute atomic E-state index is 14.2. The van der Waals surface area contributed by atoms with Crippen molar-refractivity contribution in [2.45, 2.75) is 83.2 Å². The van der Waals surface area contributed by atoms with Crippen molar-refractivity contribution >= 4 is 11.8 Å². The number of hydrogen-bond donors (Lipinski definition) is 1. The van der Waals surface area contributed by atoms with Crippen molar-refractivity contribution < 1.29 is 28.6 Å². The minimum absolute atomic E-state index is 0.0165. The number of Topliss-reactive ketones (excluding diaryl/α,β-unsaturated/α-hetero) is 1. The second-order valence-corrected chi connectivity index (χ2v) is 11.9. The number of carbonyl (C=O) groups is 2. The zero-order valence-electron chi connectivity index (χ0n) is 19.4. The lowest BCUT2D eigenvalue weighted by atomic mass is 9.38. The predicted octanol–water partition coefficient (Wildman–Crippen LogP) is 3.78. The summed E-state index contributed by atoms with van der Waals surface area (Å²) in [6, 6.07) is 2.02. The van der Waals surface area contributed by atoms with Gasteiger partial charge >= 0.3 is 5.97 Å². The molecule has 5 aliphatic rings. The maximum atomic E-state index is 14.2. The van der Waals surface area contributed by atoms with Crippen molar-refractivity contribution in [1.29, 1.82) is 0 Å². The van der Waals surface area contributed by atoms with Gasteiger partial charge in [-0.05, 0) is 68.9 Å². The van der Waals surface area contributed by atoms with E-state index in [-0.39, 0.29) is 29.1 Å². The second kappa shape index (κ2) is 5.76. The Morgan fingerprint density at radius 1 is 1.12 bits per heavy atom. The van der Waals surface area contributed by atoms with E-state index in [0.29, 0.717) is 0 Å². The third-order valence-electron chi connectivity index (χ3n) is 10.4. The quantitative estimate of drug-likeness (QED) is 0.528. The molecule has 0 radical (unpaired) electrons. The smallest absolute Gasteiger partial charge is 0.330 e. The third kappa shape index (κ3) is 2.02. The summed E-state index contributed by atoms with van der Waals surface area (Å²) in [7, 11) is 0. The molecule has 1 aromatic heterocycles. The van der Waals surface area contributed by atoms with E-state index in [4.69, 9.17) is 13.9 Å². The van der Waals surface area contributed by atoms with E-state index >= 15 is 0 Å². The van der Waals surface area contributed by atoms with Crippen molar-refractivity contribution in [3.8, 4) is 0 Å². The fourth-order valence-electron chi connectivity index (χ4n) is 9.28. The lowest BCUT2D eigenvalue weighted by Crippen LogP contribution is -2.72. The second-order valence-electron chi connectivity index (χ2n) is 11.9. The molecule has 3 saturated carbocycles. The maximum Gasteiger partial charge on any atom is 0.330 e. The molecule has 1 N–H and O–H groups in total. The highest BCUT2D eigenvalue weighted by molar-refractivity contribution is 5.93. The summed E-state index contributed by atoms with van der Waals surface area (Å²) in [5, 5.41) is 11.5. The van der Waals surface area contributed by atoms with Crippen LogP contribution in [0.15, 0.2) is 35.2 Å². The largest absolute Gasteiger partial charge is 0.472 e. The minimum Gasteiger partial charge on any atom is -0.472 e. The lowest BCUT2D eigenvalue weighted by molar-refractivity contribution is -0.216. The molecular weight excluding hydrogens is 408 g/mol. The highest BCUT2D eigenvalue weighted by Gasteiger charge is 2.87. The molecular formula is C26H32O6. The van der Waals surface area contributed by atoms with Gasteiger partial charge in [0.2, 0.25) is 0 Å². The summed E-state index contributed by atoms with van der Waals surface area (Å²) < 4.78 is 17.6. The number of cyclic esters (lactones) is 1. The van der Waals surface area contributed by atoms with Crippen LogP contribution >= 0.6 is 0 Å². The monoisotopic (exact) mass is 440 g/mol.